The van der Waals surface area contributed by atoms with E-state index in [0.717, 1.165) is 4.47 Å². The number of hydrogen-bond acceptors (Lipinski definition) is 0. The molecule has 0 nitrogen and oxygen atoms in total. The van der Waals surface area contributed by atoms with Crippen LogP contribution in [0.25, 0.3) is 0 Å². The molecule has 0 bridgehead atoms. The first-order chi connectivity index (χ1) is 7.60. The molecule has 0 aliphatic carbocycles. The molecule has 0 fully saturated rings. The summed E-state index contributed by atoms with van der Waals surface area (Å²) in [6.07, 6.45) is 0. The van der Waals surface area contributed by atoms with Crippen LogP contribution in [0.3, 0.4) is 0 Å². The Morgan fingerprint density at radius 1 is 0.750 bits per heavy atom. The zero-order valence-corrected chi connectivity index (χ0v) is 12.2. The van der Waals surface area contributed by atoms with Gasteiger partial charge in [-0.05, 0) is 12.1 Å². The van der Waals surface area contributed by atoms with Crippen LogP contribution in [0.2, 0.25) is 13.1 Å². The predicted molar refractivity (Wildman–Crippen MR) is 77.3 cm³/mol. The Morgan fingerprint density at radius 3 is 1.81 bits per heavy atom. The van der Waals surface area contributed by atoms with Crippen molar-refractivity contribution in [3.63, 3.8) is 0 Å². The molecule has 2 aromatic carbocycles. The fourth-order valence-electron chi connectivity index (χ4n) is 1.89. The molecule has 0 aliphatic rings. The highest BCUT2D eigenvalue weighted by molar-refractivity contribution is 9.10. The van der Waals surface area contributed by atoms with Crippen LogP contribution in [0.15, 0.2) is 59.1 Å². The predicted octanol–water partition coefficient (Wildman–Crippen LogP) is 3.27. The monoisotopic (exact) mass is 290 g/mol. The molecule has 0 spiro atoms. The first-order valence-corrected chi connectivity index (χ1v) is 9.21. The van der Waals surface area contributed by atoms with Gasteiger partial charge in [-0.1, -0.05) is 81.9 Å². The average Bonchev–Trinajstić information content (AvgIpc) is 2.31. The lowest BCUT2D eigenvalue weighted by atomic mass is 10.4. The minimum absolute atomic E-state index is 1.15. The molecule has 0 atom stereocenters. The van der Waals surface area contributed by atoms with E-state index in [1.165, 1.54) is 10.4 Å². The smallest absolute Gasteiger partial charge is 0.0626 e. The lowest BCUT2D eigenvalue weighted by molar-refractivity contribution is 1.64. The first kappa shape index (κ1) is 11.6. The van der Waals surface area contributed by atoms with Gasteiger partial charge in [0.25, 0.3) is 0 Å². The van der Waals surface area contributed by atoms with Gasteiger partial charge in [0.05, 0.1) is 0 Å². The third-order valence-corrected chi connectivity index (χ3v) is 7.14. The van der Waals surface area contributed by atoms with Crippen molar-refractivity contribution < 1.29 is 0 Å². The van der Waals surface area contributed by atoms with E-state index < -0.39 is 8.07 Å². The van der Waals surface area contributed by atoms with E-state index in [1.807, 2.05) is 0 Å². The van der Waals surface area contributed by atoms with Crippen LogP contribution in [-0.2, 0) is 0 Å². The molecule has 2 rings (SSSR count). The van der Waals surface area contributed by atoms with Crippen LogP contribution in [-0.4, -0.2) is 8.07 Å². The largest absolute Gasteiger partial charge is 0.112 e. The standard InChI is InChI=1S/C14H15BrSi/c1-16(2,13-6-4-3-5-7-13)14-10-8-12(15)9-11-14/h3-11H,1-2H3. The Balaban J connectivity index is 2.43. The Bertz CT molecular complexity index is 460. The quantitative estimate of drug-likeness (QED) is 0.745. The molecule has 0 aliphatic heterocycles. The summed E-state index contributed by atoms with van der Waals surface area (Å²) < 4.78 is 1.15. The van der Waals surface area contributed by atoms with Gasteiger partial charge < -0.3 is 0 Å². The summed E-state index contributed by atoms with van der Waals surface area (Å²) in [4.78, 5) is 0. The average molecular weight is 291 g/mol. The second-order valence-corrected chi connectivity index (χ2v) is 9.82. The van der Waals surface area contributed by atoms with Gasteiger partial charge in [-0.15, -0.1) is 0 Å². The van der Waals surface area contributed by atoms with E-state index in [1.54, 1.807) is 0 Å². The van der Waals surface area contributed by atoms with Crippen molar-refractivity contribution in [1.82, 2.24) is 0 Å². The van der Waals surface area contributed by atoms with Gasteiger partial charge in [0.1, 0.15) is 8.07 Å². The van der Waals surface area contributed by atoms with Crippen molar-refractivity contribution in [2.75, 3.05) is 0 Å². The minimum atomic E-state index is -1.50. The van der Waals surface area contributed by atoms with Crippen LogP contribution < -0.4 is 10.4 Å². The summed E-state index contributed by atoms with van der Waals surface area (Å²) in [6, 6.07) is 19.6. The molecular formula is C14H15BrSi. The van der Waals surface area contributed by atoms with Crippen molar-refractivity contribution in [3.05, 3.63) is 59.1 Å². The summed E-state index contributed by atoms with van der Waals surface area (Å²) in [7, 11) is -1.50. The second kappa shape index (κ2) is 4.56. The number of hydrogen-bond donors (Lipinski definition) is 0. The molecule has 0 unspecified atom stereocenters. The molecule has 0 radical (unpaired) electrons. The van der Waals surface area contributed by atoms with Crippen LogP contribution in [0.5, 0.6) is 0 Å². The Kier molecular flexibility index (Phi) is 3.31. The molecule has 0 aromatic heterocycles. The third kappa shape index (κ3) is 2.28. The van der Waals surface area contributed by atoms with E-state index in [4.69, 9.17) is 0 Å². The van der Waals surface area contributed by atoms with Crippen molar-refractivity contribution >= 4 is 34.4 Å². The van der Waals surface area contributed by atoms with E-state index in [-0.39, 0.29) is 0 Å². The molecule has 16 heavy (non-hydrogen) atoms. The third-order valence-electron chi connectivity index (χ3n) is 3.06. The van der Waals surface area contributed by atoms with E-state index >= 15 is 0 Å². The highest BCUT2D eigenvalue weighted by Crippen LogP contribution is 2.10. The van der Waals surface area contributed by atoms with Crippen LogP contribution in [0.1, 0.15) is 0 Å². The van der Waals surface area contributed by atoms with Gasteiger partial charge in [-0.2, -0.15) is 0 Å². The van der Waals surface area contributed by atoms with Crippen molar-refractivity contribution in [2.24, 2.45) is 0 Å². The molecular weight excluding hydrogens is 276 g/mol. The fourth-order valence-corrected chi connectivity index (χ4v) is 4.51. The maximum atomic E-state index is 3.48. The van der Waals surface area contributed by atoms with Crippen LogP contribution in [0.4, 0.5) is 0 Å². The molecule has 0 saturated carbocycles. The van der Waals surface area contributed by atoms with Gasteiger partial charge in [0.2, 0.25) is 0 Å². The summed E-state index contributed by atoms with van der Waals surface area (Å²) in [5, 5.41) is 2.96. The summed E-state index contributed by atoms with van der Waals surface area (Å²) in [5.74, 6) is 0. The first-order valence-electron chi connectivity index (χ1n) is 5.42. The topological polar surface area (TPSA) is 0 Å². The van der Waals surface area contributed by atoms with Crippen molar-refractivity contribution in [1.29, 1.82) is 0 Å². The van der Waals surface area contributed by atoms with Gasteiger partial charge >= 0.3 is 0 Å². The summed E-state index contributed by atoms with van der Waals surface area (Å²) in [5.41, 5.74) is 0. The maximum Gasteiger partial charge on any atom is 0.112 e. The van der Waals surface area contributed by atoms with Crippen LogP contribution in [0, 0.1) is 0 Å². The number of halogens is 1. The molecule has 2 heteroatoms. The lowest BCUT2D eigenvalue weighted by Crippen LogP contribution is -2.52. The van der Waals surface area contributed by atoms with Gasteiger partial charge in [-0.25, -0.2) is 0 Å². The number of benzene rings is 2. The zero-order valence-electron chi connectivity index (χ0n) is 9.57. The normalized spacial score (nSPS) is 11.4. The molecule has 0 N–H and O–H groups in total. The molecule has 82 valence electrons. The highest BCUT2D eigenvalue weighted by atomic mass is 79.9. The van der Waals surface area contributed by atoms with Crippen LogP contribution >= 0.6 is 15.9 Å². The van der Waals surface area contributed by atoms with Crippen molar-refractivity contribution in [3.8, 4) is 0 Å². The van der Waals surface area contributed by atoms with Gasteiger partial charge in [0.15, 0.2) is 0 Å². The highest BCUT2D eigenvalue weighted by Gasteiger charge is 2.25. The Labute approximate surface area is 106 Å². The molecule has 0 heterocycles. The minimum Gasteiger partial charge on any atom is -0.0626 e. The summed E-state index contributed by atoms with van der Waals surface area (Å²) >= 11 is 3.48. The summed E-state index contributed by atoms with van der Waals surface area (Å²) in [6.45, 7) is 4.79. The maximum absolute atomic E-state index is 3.48. The second-order valence-electron chi connectivity index (χ2n) is 4.50. The Hall–Kier alpha value is -0.863. The van der Waals surface area contributed by atoms with Gasteiger partial charge in [0, 0.05) is 4.47 Å². The van der Waals surface area contributed by atoms with Crippen molar-refractivity contribution in [2.45, 2.75) is 13.1 Å². The van der Waals surface area contributed by atoms with E-state index in [0.29, 0.717) is 0 Å². The van der Waals surface area contributed by atoms with E-state index in [2.05, 4.69) is 83.6 Å². The van der Waals surface area contributed by atoms with E-state index in [9.17, 15) is 0 Å². The van der Waals surface area contributed by atoms with Gasteiger partial charge in [-0.3, -0.25) is 0 Å². The molecule has 0 saturated heterocycles. The zero-order chi connectivity index (χ0) is 11.6. The Morgan fingerprint density at radius 2 is 1.25 bits per heavy atom. The SMILES string of the molecule is C[Si](C)(c1ccccc1)c1ccc(Br)cc1. The molecule has 2 aromatic rings. The molecule has 0 amide bonds. The lowest BCUT2D eigenvalue weighted by Gasteiger charge is -2.23. The number of rotatable bonds is 2. The fraction of sp³-hybridized carbons (Fsp3) is 0.143.